The van der Waals surface area contributed by atoms with Crippen molar-refractivity contribution < 1.29 is 23.5 Å². The molecule has 3 heterocycles. The molecule has 0 spiro atoms. The van der Waals surface area contributed by atoms with Gasteiger partial charge in [-0.15, -0.1) is 11.3 Å². The first-order valence-electron chi connectivity index (χ1n) is 10.2. The largest absolute Gasteiger partial charge is 0.480 e. The monoisotopic (exact) mass is 492 g/mol. The molecule has 8 nitrogen and oxygen atoms in total. The Balaban J connectivity index is 1.51. The van der Waals surface area contributed by atoms with Crippen molar-refractivity contribution >= 4 is 45.0 Å². The van der Waals surface area contributed by atoms with Crippen LogP contribution in [0.25, 0.3) is 10.2 Å². The molecule has 0 saturated carbocycles. The van der Waals surface area contributed by atoms with Crippen molar-refractivity contribution in [3.8, 4) is 5.88 Å². The molecular weight excluding hydrogens is 471 g/mol. The molecular formula is C22H22ClFN4O4S. The van der Waals surface area contributed by atoms with Gasteiger partial charge >= 0.3 is 0 Å². The zero-order valence-corrected chi connectivity index (χ0v) is 19.9. The van der Waals surface area contributed by atoms with Crippen molar-refractivity contribution in [3.05, 3.63) is 50.9 Å². The normalized spacial score (nSPS) is 14.1. The number of aryl methyl sites for hydroxylation is 1. The first-order valence-corrected chi connectivity index (χ1v) is 11.4. The molecule has 11 heteroatoms. The quantitative estimate of drug-likeness (QED) is 0.541. The van der Waals surface area contributed by atoms with Gasteiger partial charge in [-0.1, -0.05) is 11.6 Å². The van der Waals surface area contributed by atoms with Crippen molar-refractivity contribution in [2.24, 2.45) is 0 Å². The molecule has 3 aromatic rings. The van der Waals surface area contributed by atoms with Gasteiger partial charge in [0.25, 0.3) is 11.8 Å². The Morgan fingerprint density at radius 1 is 1.12 bits per heavy atom. The number of carbonyl (C=O) groups excluding carboxylic acids is 2. The second-order valence-electron chi connectivity index (χ2n) is 7.53. The van der Waals surface area contributed by atoms with Gasteiger partial charge in [-0.25, -0.2) is 9.37 Å². The highest BCUT2D eigenvalue weighted by Gasteiger charge is 2.29. The summed E-state index contributed by atoms with van der Waals surface area (Å²) in [5, 5.41) is 0.785. The molecule has 0 N–H and O–H groups in total. The lowest BCUT2D eigenvalue weighted by Gasteiger charge is -2.34. The number of piperazine rings is 1. The fourth-order valence-electron chi connectivity index (χ4n) is 3.78. The minimum Gasteiger partial charge on any atom is -0.480 e. The van der Waals surface area contributed by atoms with Gasteiger partial charge in [0.05, 0.1) is 28.0 Å². The molecule has 2 aromatic heterocycles. The third kappa shape index (κ3) is 4.50. The molecule has 1 aliphatic heterocycles. The average molecular weight is 493 g/mol. The maximum Gasteiger partial charge on any atom is 0.264 e. The molecule has 2 amide bonds. The van der Waals surface area contributed by atoms with Crippen molar-refractivity contribution in [1.29, 1.82) is 0 Å². The summed E-state index contributed by atoms with van der Waals surface area (Å²) in [6.07, 6.45) is 0. The summed E-state index contributed by atoms with van der Waals surface area (Å²) in [5.74, 6) is -0.0185. The van der Waals surface area contributed by atoms with Gasteiger partial charge in [-0.3, -0.25) is 9.59 Å². The number of halogens is 2. The maximum atomic E-state index is 13.3. The van der Waals surface area contributed by atoms with E-state index in [1.165, 1.54) is 30.6 Å². The Morgan fingerprint density at radius 2 is 1.79 bits per heavy atom. The summed E-state index contributed by atoms with van der Waals surface area (Å²) >= 11 is 7.33. The number of hydrogen-bond acceptors (Lipinski definition) is 7. The molecule has 0 aliphatic carbocycles. The van der Waals surface area contributed by atoms with Crippen LogP contribution in [-0.2, 0) is 11.3 Å². The van der Waals surface area contributed by atoms with Gasteiger partial charge in [-0.05, 0) is 30.7 Å². The van der Waals surface area contributed by atoms with E-state index in [4.69, 9.17) is 21.1 Å². The van der Waals surface area contributed by atoms with E-state index in [9.17, 15) is 14.0 Å². The van der Waals surface area contributed by atoms with Crippen LogP contribution < -0.4 is 4.74 Å². The van der Waals surface area contributed by atoms with E-state index < -0.39 is 5.82 Å². The number of carbonyl (C=O) groups is 2. The number of rotatable bonds is 5. The predicted octanol–water partition coefficient (Wildman–Crippen LogP) is 3.55. The molecule has 0 bridgehead atoms. The van der Waals surface area contributed by atoms with E-state index >= 15 is 0 Å². The molecule has 174 valence electrons. The molecule has 0 radical (unpaired) electrons. The molecule has 1 aromatic carbocycles. The lowest BCUT2D eigenvalue weighted by Crippen LogP contribution is -2.50. The number of fused-ring (bicyclic) bond motifs is 1. The molecule has 0 unspecified atom stereocenters. The standard InChI is InChI=1S/C22H22ClFN4O4S/c1-12-17-19(32-3)25-16(11-31-2)26-20(17)33-18(12)22(30)28-8-6-27(7-9-28)21(29)14-5-4-13(24)10-15(14)23/h4-5,10H,6-9,11H2,1-3H3. The maximum absolute atomic E-state index is 13.3. The second kappa shape index (κ2) is 9.58. The lowest BCUT2D eigenvalue weighted by atomic mass is 10.1. The number of aromatic nitrogens is 2. The highest BCUT2D eigenvalue weighted by Crippen LogP contribution is 2.36. The summed E-state index contributed by atoms with van der Waals surface area (Å²) in [5.41, 5.74) is 1.01. The van der Waals surface area contributed by atoms with Crippen LogP contribution in [0.3, 0.4) is 0 Å². The van der Waals surface area contributed by atoms with Crippen molar-refractivity contribution in [1.82, 2.24) is 19.8 Å². The molecule has 0 atom stereocenters. The number of thiophene rings is 1. The van der Waals surface area contributed by atoms with Crippen LogP contribution in [0, 0.1) is 12.7 Å². The van der Waals surface area contributed by atoms with Gasteiger partial charge in [0.1, 0.15) is 17.3 Å². The van der Waals surface area contributed by atoms with Crippen LogP contribution in [0.5, 0.6) is 5.88 Å². The number of hydrogen-bond donors (Lipinski definition) is 0. The van der Waals surface area contributed by atoms with Crippen molar-refractivity contribution in [3.63, 3.8) is 0 Å². The van der Waals surface area contributed by atoms with Gasteiger partial charge in [-0.2, -0.15) is 4.98 Å². The Labute approximate surface area is 198 Å². The van der Waals surface area contributed by atoms with Crippen LogP contribution in [0.4, 0.5) is 4.39 Å². The third-order valence-corrected chi connectivity index (χ3v) is 6.97. The van der Waals surface area contributed by atoms with E-state index in [1.54, 1.807) is 16.9 Å². The zero-order chi connectivity index (χ0) is 23.7. The van der Waals surface area contributed by atoms with E-state index in [-0.39, 0.29) is 29.0 Å². The minimum absolute atomic E-state index is 0.0716. The van der Waals surface area contributed by atoms with Gasteiger partial charge in [0.2, 0.25) is 5.88 Å². The minimum atomic E-state index is -0.499. The average Bonchev–Trinajstić information content (AvgIpc) is 3.14. The van der Waals surface area contributed by atoms with Crippen LogP contribution >= 0.6 is 22.9 Å². The zero-order valence-electron chi connectivity index (χ0n) is 18.4. The number of benzene rings is 1. The SMILES string of the molecule is COCc1nc(OC)c2c(C)c(C(=O)N3CCN(C(=O)c4ccc(F)cc4Cl)CC3)sc2n1. The highest BCUT2D eigenvalue weighted by atomic mass is 35.5. The Kier molecular flexibility index (Phi) is 6.78. The van der Waals surface area contributed by atoms with Crippen molar-refractivity contribution in [2.45, 2.75) is 13.5 Å². The number of ether oxygens (including phenoxy) is 2. The van der Waals surface area contributed by atoms with E-state index in [2.05, 4.69) is 9.97 Å². The summed E-state index contributed by atoms with van der Waals surface area (Å²) in [7, 11) is 3.09. The molecule has 1 saturated heterocycles. The molecule has 1 fully saturated rings. The molecule has 33 heavy (non-hydrogen) atoms. The first kappa shape index (κ1) is 23.3. The van der Waals surface area contributed by atoms with Gasteiger partial charge in [0, 0.05) is 33.3 Å². The summed E-state index contributed by atoms with van der Waals surface area (Å²) in [4.78, 5) is 39.5. The number of nitrogens with zero attached hydrogens (tertiary/aromatic N) is 4. The Bertz CT molecular complexity index is 1230. The van der Waals surface area contributed by atoms with Gasteiger partial charge < -0.3 is 19.3 Å². The summed E-state index contributed by atoms with van der Waals surface area (Å²) in [6, 6.07) is 3.71. The van der Waals surface area contributed by atoms with Crippen LogP contribution in [0.1, 0.15) is 31.4 Å². The fourth-order valence-corrected chi connectivity index (χ4v) is 5.19. The van der Waals surface area contributed by atoms with Crippen molar-refractivity contribution in [2.75, 3.05) is 40.4 Å². The van der Waals surface area contributed by atoms with Crippen LogP contribution in [-0.4, -0.2) is 72.0 Å². The van der Waals surface area contributed by atoms with E-state index in [1.807, 2.05) is 6.92 Å². The van der Waals surface area contributed by atoms with Crippen LogP contribution in [0.2, 0.25) is 5.02 Å². The lowest BCUT2D eigenvalue weighted by molar-refractivity contribution is 0.0538. The predicted molar refractivity (Wildman–Crippen MR) is 123 cm³/mol. The van der Waals surface area contributed by atoms with E-state index in [0.29, 0.717) is 53.0 Å². The summed E-state index contributed by atoms with van der Waals surface area (Å²) < 4.78 is 23.8. The van der Waals surface area contributed by atoms with Crippen LogP contribution in [0.15, 0.2) is 18.2 Å². The molecule has 1 aliphatic rings. The number of amides is 2. The molecule has 4 rings (SSSR count). The Hall–Kier alpha value is -2.82. The number of methoxy groups -OCH3 is 2. The first-order chi connectivity index (χ1) is 15.8. The fraction of sp³-hybridized carbons (Fsp3) is 0.364. The highest BCUT2D eigenvalue weighted by molar-refractivity contribution is 7.20. The topological polar surface area (TPSA) is 84.9 Å². The Morgan fingerprint density at radius 3 is 2.39 bits per heavy atom. The third-order valence-electron chi connectivity index (χ3n) is 5.48. The smallest absolute Gasteiger partial charge is 0.264 e. The van der Waals surface area contributed by atoms with Gasteiger partial charge in [0.15, 0.2) is 5.82 Å². The summed E-state index contributed by atoms with van der Waals surface area (Å²) in [6.45, 7) is 3.53. The second-order valence-corrected chi connectivity index (χ2v) is 8.93. The van der Waals surface area contributed by atoms with E-state index in [0.717, 1.165) is 11.6 Å².